The maximum Gasteiger partial charge on any atom is 0.311 e. The molecule has 0 aliphatic heterocycles. The Morgan fingerprint density at radius 3 is 2.32 bits per heavy atom. The van der Waals surface area contributed by atoms with Gasteiger partial charge in [-0.25, -0.2) is 0 Å². The second kappa shape index (κ2) is 9.55. The van der Waals surface area contributed by atoms with Gasteiger partial charge >= 0.3 is 5.97 Å². The van der Waals surface area contributed by atoms with Crippen LogP contribution in [0.5, 0.6) is 11.5 Å². The highest BCUT2D eigenvalue weighted by molar-refractivity contribution is 5.96. The number of carbonyl (C=O) groups is 3. The van der Waals surface area contributed by atoms with Gasteiger partial charge in [0.15, 0.2) is 11.9 Å². The van der Waals surface area contributed by atoms with Crippen LogP contribution in [0.15, 0.2) is 42.5 Å². The number of hydrogen-bond acceptors (Lipinski definition) is 6. The summed E-state index contributed by atoms with van der Waals surface area (Å²) in [6, 6.07) is 11.8. The molecule has 148 valence electrons. The average Bonchev–Trinajstić information content (AvgIpc) is 2.68. The summed E-state index contributed by atoms with van der Waals surface area (Å²) in [5.41, 5.74) is 1.46. The van der Waals surface area contributed by atoms with Crippen molar-refractivity contribution in [2.75, 3.05) is 19.5 Å². The minimum Gasteiger partial charge on any atom is -0.496 e. The molecule has 0 aromatic heterocycles. The molecule has 0 unspecified atom stereocenters. The molecule has 28 heavy (non-hydrogen) atoms. The summed E-state index contributed by atoms with van der Waals surface area (Å²) in [6.07, 6.45) is -1.14. The monoisotopic (exact) mass is 385 g/mol. The van der Waals surface area contributed by atoms with Gasteiger partial charge in [-0.2, -0.15) is 0 Å². The predicted octanol–water partition coefficient (Wildman–Crippen LogP) is 3.02. The summed E-state index contributed by atoms with van der Waals surface area (Å²) in [5.74, 6) is -0.251. The number of carbonyl (C=O) groups excluding carboxylic acids is 3. The molecule has 0 saturated heterocycles. The fraction of sp³-hybridized carbons (Fsp3) is 0.286. The van der Waals surface area contributed by atoms with Crippen molar-refractivity contribution in [3.05, 3.63) is 53.6 Å². The molecular formula is C21H23NO6. The molecule has 7 heteroatoms. The van der Waals surface area contributed by atoms with Crippen LogP contribution in [0.3, 0.4) is 0 Å². The largest absolute Gasteiger partial charge is 0.496 e. The summed E-state index contributed by atoms with van der Waals surface area (Å²) in [5, 5.41) is 2.67. The van der Waals surface area contributed by atoms with Gasteiger partial charge in [-0.05, 0) is 44.2 Å². The summed E-state index contributed by atoms with van der Waals surface area (Å²) < 4.78 is 15.6. The molecule has 0 fully saturated rings. The molecule has 0 bridgehead atoms. The first-order chi connectivity index (χ1) is 13.3. The quantitative estimate of drug-likeness (QED) is 0.555. The number of Topliss-reactive ketones (excluding diaryl/α,β-unsaturated/α-hetero) is 1. The van der Waals surface area contributed by atoms with Crippen molar-refractivity contribution in [2.45, 2.75) is 26.4 Å². The Labute approximate surface area is 163 Å². The number of rotatable bonds is 8. The third kappa shape index (κ3) is 5.33. The zero-order valence-electron chi connectivity index (χ0n) is 16.3. The van der Waals surface area contributed by atoms with E-state index in [1.165, 1.54) is 28.1 Å². The van der Waals surface area contributed by atoms with Gasteiger partial charge < -0.3 is 19.5 Å². The Morgan fingerprint density at radius 2 is 1.68 bits per heavy atom. The number of anilines is 1. The number of hydrogen-bond donors (Lipinski definition) is 1. The van der Waals surface area contributed by atoms with E-state index in [9.17, 15) is 14.4 Å². The summed E-state index contributed by atoms with van der Waals surface area (Å²) in [6.45, 7) is 2.92. The lowest BCUT2D eigenvalue weighted by molar-refractivity contribution is -0.152. The molecule has 1 atom stereocenters. The lowest BCUT2D eigenvalue weighted by Gasteiger charge is -2.16. The highest BCUT2D eigenvalue weighted by atomic mass is 16.5. The number of esters is 1. The normalized spacial score (nSPS) is 11.3. The first-order valence-electron chi connectivity index (χ1n) is 8.67. The van der Waals surface area contributed by atoms with Gasteiger partial charge in [-0.3, -0.25) is 14.4 Å². The minimum atomic E-state index is -1.01. The van der Waals surface area contributed by atoms with Crippen LogP contribution in [0, 0.1) is 0 Å². The van der Waals surface area contributed by atoms with Gasteiger partial charge in [0, 0.05) is 11.1 Å². The van der Waals surface area contributed by atoms with Crippen LogP contribution in [0.1, 0.15) is 29.8 Å². The number of ether oxygens (including phenoxy) is 3. The zero-order valence-corrected chi connectivity index (χ0v) is 16.3. The van der Waals surface area contributed by atoms with Crippen LogP contribution < -0.4 is 14.8 Å². The third-order valence-corrected chi connectivity index (χ3v) is 4.06. The van der Waals surface area contributed by atoms with Crippen LogP contribution in [0.25, 0.3) is 0 Å². The van der Waals surface area contributed by atoms with Crippen LogP contribution >= 0.6 is 0 Å². The van der Waals surface area contributed by atoms with Crippen LogP contribution in [0.2, 0.25) is 0 Å². The first kappa shape index (κ1) is 21.0. The summed E-state index contributed by atoms with van der Waals surface area (Å²) in [7, 11) is 2.97. The molecule has 7 nitrogen and oxygen atoms in total. The van der Waals surface area contributed by atoms with Crippen molar-refractivity contribution in [1.82, 2.24) is 0 Å². The van der Waals surface area contributed by atoms with E-state index in [1.54, 1.807) is 42.5 Å². The Morgan fingerprint density at radius 1 is 1.00 bits per heavy atom. The van der Waals surface area contributed by atoms with E-state index in [4.69, 9.17) is 14.2 Å². The van der Waals surface area contributed by atoms with E-state index in [2.05, 4.69) is 5.32 Å². The second-order valence-corrected chi connectivity index (χ2v) is 6.08. The Balaban J connectivity index is 2.03. The smallest absolute Gasteiger partial charge is 0.311 e. The van der Waals surface area contributed by atoms with Gasteiger partial charge in [-0.15, -0.1) is 0 Å². The summed E-state index contributed by atoms with van der Waals surface area (Å²) in [4.78, 5) is 36.2. The van der Waals surface area contributed by atoms with Crippen LogP contribution in [-0.4, -0.2) is 38.0 Å². The summed E-state index contributed by atoms with van der Waals surface area (Å²) >= 11 is 0. The van der Waals surface area contributed by atoms with Crippen molar-refractivity contribution >= 4 is 23.3 Å². The highest BCUT2D eigenvalue weighted by Crippen LogP contribution is 2.24. The van der Waals surface area contributed by atoms with Gasteiger partial charge in [0.1, 0.15) is 11.5 Å². The lowest BCUT2D eigenvalue weighted by Crippen LogP contribution is -2.30. The molecule has 0 radical (unpaired) electrons. The SMILES string of the molecule is COc1ccc(C(C)=O)cc1CC(=O)O[C@@H](C)C(=O)Nc1ccccc1OC. The Kier molecular flexibility index (Phi) is 7.14. The van der Waals surface area contributed by atoms with E-state index in [1.807, 2.05) is 0 Å². The van der Waals surface area contributed by atoms with Crippen molar-refractivity contribution in [3.8, 4) is 11.5 Å². The minimum absolute atomic E-state index is 0.123. The molecule has 2 rings (SSSR count). The zero-order chi connectivity index (χ0) is 20.7. The highest BCUT2D eigenvalue weighted by Gasteiger charge is 2.20. The Hall–Kier alpha value is -3.35. The number of methoxy groups -OCH3 is 2. The van der Waals surface area contributed by atoms with Crippen molar-refractivity contribution in [2.24, 2.45) is 0 Å². The molecule has 0 heterocycles. The average molecular weight is 385 g/mol. The maximum atomic E-state index is 12.3. The number of amides is 1. The molecule has 2 aromatic rings. The number of para-hydroxylation sites is 2. The number of ketones is 1. The molecule has 0 saturated carbocycles. The van der Waals surface area contributed by atoms with Crippen molar-refractivity contribution < 1.29 is 28.6 Å². The van der Waals surface area contributed by atoms with E-state index in [0.29, 0.717) is 28.3 Å². The van der Waals surface area contributed by atoms with Crippen LogP contribution in [-0.2, 0) is 20.7 Å². The van der Waals surface area contributed by atoms with Crippen LogP contribution in [0.4, 0.5) is 5.69 Å². The topological polar surface area (TPSA) is 90.9 Å². The molecular weight excluding hydrogens is 362 g/mol. The molecule has 2 aromatic carbocycles. The fourth-order valence-corrected chi connectivity index (χ4v) is 2.57. The number of benzene rings is 2. The van der Waals surface area contributed by atoms with E-state index < -0.39 is 18.0 Å². The molecule has 1 amide bonds. The van der Waals surface area contributed by atoms with Gasteiger partial charge in [0.05, 0.1) is 26.3 Å². The molecule has 0 aliphatic rings. The third-order valence-electron chi connectivity index (χ3n) is 4.06. The fourth-order valence-electron chi connectivity index (χ4n) is 2.57. The molecule has 0 aliphatic carbocycles. The first-order valence-corrected chi connectivity index (χ1v) is 8.67. The standard InChI is InChI=1S/C21H23NO6/c1-13(23)15-9-10-18(26-3)16(11-15)12-20(24)28-14(2)21(25)22-17-7-5-6-8-19(17)27-4/h5-11,14H,12H2,1-4H3,(H,22,25)/t14-/m0/s1. The van der Waals surface area contributed by atoms with E-state index in [0.717, 1.165) is 0 Å². The van der Waals surface area contributed by atoms with Gasteiger partial charge in [0.2, 0.25) is 0 Å². The maximum absolute atomic E-state index is 12.3. The number of nitrogens with one attached hydrogen (secondary N) is 1. The molecule has 1 N–H and O–H groups in total. The predicted molar refractivity (Wildman–Crippen MR) is 104 cm³/mol. The van der Waals surface area contributed by atoms with Crippen molar-refractivity contribution in [1.29, 1.82) is 0 Å². The van der Waals surface area contributed by atoms with Gasteiger partial charge in [0.25, 0.3) is 5.91 Å². The van der Waals surface area contributed by atoms with Crippen molar-refractivity contribution in [3.63, 3.8) is 0 Å². The molecule has 0 spiro atoms. The van der Waals surface area contributed by atoms with Gasteiger partial charge in [-0.1, -0.05) is 12.1 Å². The van der Waals surface area contributed by atoms with E-state index >= 15 is 0 Å². The van der Waals surface area contributed by atoms with E-state index in [-0.39, 0.29) is 12.2 Å². The lowest BCUT2D eigenvalue weighted by atomic mass is 10.0. The second-order valence-electron chi connectivity index (χ2n) is 6.08. The Bertz CT molecular complexity index is 877.